The second-order valence-electron chi connectivity index (χ2n) is 6.58. The molecule has 1 saturated heterocycles. The highest BCUT2D eigenvalue weighted by Gasteiger charge is 2.28. The Kier molecular flexibility index (Phi) is 5.79. The van der Waals surface area contributed by atoms with Crippen LogP contribution in [0.15, 0.2) is 22.7 Å². The zero-order valence-electron chi connectivity index (χ0n) is 14.1. The van der Waals surface area contributed by atoms with Crippen LogP contribution in [-0.2, 0) is 4.74 Å². The number of amides is 1. The fourth-order valence-corrected chi connectivity index (χ4v) is 2.74. The highest BCUT2D eigenvalue weighted by molar-refractivity contribution is 9.10. The van der Waals surface area contributed by atoms with Crippen LogP contribution in [0, 0.1) is 0 Å². The third-order valence-electron chi connectivity index (χ3n) is 3.51. The van der Waals surface area contributed by atoms with Crippen LogP contribution in [0.1, 0.15) is 33.6 Å². The molecule has 1 fully saturated rings. The van der Waals surface area contributed by atoms with Crippen LogP contribution >= 0.6 is 15.9 Å². The number of carbonyl (C=O) groups excluding carboxylic acids is 1. The van der Waals surface area contributed by atoms with Crippen molar-refractivity contribution >= 4 is 22.0 Å². The first-order chi connectivity index (χ1) is 10.8. The number of methoxy groups -OCH3 is 1. The van der Waals surface area contributed by atoms with Crippen LogP contribution in [0.25, 0.3) is 0 Å². The molecule has 0 saturated carbocycles. The van der Waals surface area contributed by atoms with Crippen LogP contribution in [0.5, 0.6) is 11.5 Å². The number of piperidine rings is 1. The van der Waals surface area contributed by atoms with Crippen LogP contribution in [0.4, 0.5) is 4.79 Å². The monoisotopic (exact) mass is 385 g/mol. The van der Waals surface area contributed by atoms with E-state index in [0.717, 1.165) is 23.1 Å². The Bertz CT molecular complexity index is 548. The Morgan fingerprint density at radius 3 is 2.43 bits per heavy atom. The first kappa shape index (κ1) is 17.9. The van der Waals surface area contributed by atoms with Gasteiger partial charge in [0.15, 0.2) is 11.5 Å². The molecule has 0 radical (unpaired) electrons. The van der Waals surface area contributed by atoms with Crippen molar-refractivity contribution in [1.82, 2.24) is 4.90 Å². The maximum absolute atomic E-state index is 12.1. The molecule has 23 heavy (non-hydrogen) atoms. The number of benzene rings is 1. The van der Waals surface area contributed by atoms with Gasteiger partial charge in [-0.2, -0.15) is 0 Å². The molecule has 1 amide bonds. The predicted octanol–water partition coefficient (Wildman–Crippen LogP) is 4.24. The van der Waals surface area contributed by atoms with Crippen molar-refractivity contribution in [3.8, 4) is 11.5 Å². The van der Waals surface area contributed by atoms with Crippen molar-refractivity contribution in [3.05, 3.63) is 22.7 Å². The summed E-state index contributed by atoms with van der Waals surface area (Å²) in [5, 5.41) is 0. The number of halogens is 1. The van der Waals surface area contributed by atoms with E-state index in [0.29, 0.717) is 18.8 Å². The largest absolute Gasteiger partial charge is 0.493 e. The number of hydrogen-bond donors (Lipinski definition) is 0. The predicted molar refractivity (Wildman–Crippen MR) is 92.2 cm³/mol. The molecule has 6 heteroatoms. The molecule has 2 rings (SSSR count). The standard InChI is InChI=1S/C17H24BrNO4/c1-17(2,3)23-16(20)19-9-7-13(8-10-19)22-14-6-5-12(18)11-15(14)21-4/h5-6,11,13H,7-10H2,1-4H3. The molecule has 0 unspecified atom stereocenters. The van der Waals surface area contributed by atoms with Gasteiger partial charge in [0.25, 0.3) is 0 Å². The molecular formula is C17H24BrNO4. The van der Waals surface area contributed by atoms with E-state index in [1.165, 1.54) is 0 Å². The fraction of sp³-hybridized carbons (Fsp3) is 0.588. The molecule has 1 aromatic rings. The maximum atomic E-state index is 12.1. The molecule has 0 N–H and O–H groups in total. The number of hydrogen-bond acceptors (Lipinski definition) is 4. The first-order valence-corrected chi connectivity index (χ1v) is 8.56. The van der Waals surface area contributed by atoms with E-state index in [1.807, 2.05) is 39.0 Å². The lowest BCUT2D eigenvalue weighted by Gasteiger charge is -2.33. The molecule has 5 nitrogen and oxygen atoms in total. The summed E-state index contributed by atoms with van der Waals surface area (Å²) in [5.74, 6) is 1.43. The zero-order valence-corrected chi connectivity index (χ0v) is 15.7. The van der Waals surface area contributed by atoms with Gasteiger partial charge in [-0.25, -0.2) is 4.79 Å². The number of nitrogens with zero attached hydrogens (tertiary/aromatic N) is 1. The van der Waals surface area contributed by atoms with Crippen LogP contribution in [-0.4, -0.2) is 42.9 Å². The molecule has 1 aromatic carbocycles. The summed E-state index contributed by atoms with van der Waals surface area (Å²) in [7, 11) is 1.62. The molecule has 0 aliphatic carbocycles. The number of carbonyl (C=O) groups is 1. The highest BCUT2D eigenvalue weighted by Crippen LogP contribution is 2.32. The van der Waals surface area contributed by atoms with Gasteiger partial charge in [-0.3, -0.25) is 0 Å². The van der Waals surface area contributed by atoms with Crippen molar-refractivity contribution in [1.29, 1.82) is 0 Å². The highest BCUT2D eigenvalue weighted by atomic mass is 79.9. The van der Waals surface area contributed by atoms with E-state index >= 15 is 0 Å². The molecule has 1 aliphatic heterocycles. The summed E-state index contributed by atoms with van der Waals surface area (Å²) in [5.41, 5.74) is -0.463. The molecule has 0 spiro atoms. The van der Waals surface area contributed by atoms with Gasteiger partial charge in [0.1, 0.15) is 11.7 Å². The molecule has 1 heterocycles. The fourth-order valence-electron chi connectivity index (χ4n) is 2.40. The first-order valence-electron chi connectivity index (χ1n) is 7.76. The zero-order chi connectivity index (χ0) is 17.0. The Labute approximate surface area is 146 Å². The SMILES string of the molecule is COc1cc(Br)ccc1OC1CCN(C(=O)OC(C)(C)C)CC1. The van der Waals surface area contributed by atoms with E-state index in [9.17, 15) is 4.79 Å². The van der Waals surface area contributed by atoms with E-state index in [4.69, 9.17) is 14.2 Å². The quantitative estimate of drug-likeness (QED) is 0.780. The van der Waals surface area contributed by atoms with Gasteiger partial charge >= 0.3 is 6.09 Å². The molecule has 0 atom stereocenters. The van der Waals surface area contributed by atoms with Gasteiger partial charge in [-0.05, 0) is 39.0 Å². The minimum atomic E-state index is -0.463. The number of rotatable bonds is 3. The van der Waals surface area contributed by atoms with Gasteiger partial charge < -0.3 is 19.1 Å². The van der Waals surface area contributed by atoms with Crippen molar-refractivity contribution in [2.24, 2.45) is 0 Å². The summed E-state index contributed by atoms with van der Waals surface area (Å²) >= 11 is 3.42. The minimum Gasteiger partial charge on any atom is -0.493 e. The van der Waals surface area contributed by atoms with Gasteiger partial charge in [0.2, 0.25) is 0 Å². The molecular weight excluding hydrogens is 362 g/mol. The minimum absolute atomic E-state index is 0.0729. The van der Waals surface area contributed by atoms with Gasteiger partial charge in [-0.15, -0.1) is 0 Å². The Balaban J connectivity index is 1.89. The molecule has 128 valence electrons. The summed E-state index contributed by atoms with van der Waals surface area (Å²) in [6, 6.07) is 5.70. The Hall–Kier alpha value is -1.43. The van der Waals surface area contributed by atoms with E-state index < -0.39 is 5.60 Å². The van der Waals surface area contributed by atoms with Gasteiger partial charge in [0, 0.05) is 30.4 Å². The number of ether oxygens (including phenoxy) is 3. The van der Waals surface area contributed by atoms with Crippen molar-refractivity contribution in [2.45, 2.75) is 45.3 Å². The third-order valence-corrected chi connectivity index (χ3v) is 4.01. The summed E-state index contributed by atoms with van der Waals surface area (Å²) in [4.78, 5) is 13.8. The lowest BCUT2D eigenvalue weighted by atomic mass is 10.1. The van der Waals surface area contributed by atoms with E-state index in [2.05, 4.69) is 15.9 Å². The van der Waals surface area contributed by atoms with Crippen LogP contribution < -0.4 is 9.47 Å². The normalized spacial score (nSPS) is 16.1. The topological polar surface area (TPSA) is 48.0 Å². The van der Waals surface area contributed by atoms with E-state index in [1.54, 1.807) is 12.0 Å². The third kappa shape index (κ3) is 5.30. The lowest BCUT2D eigenvalue weighted by molar-refractivity contribution is 0.0124. The number of likely N-dealkylation sites (tertiary alicyclic amines) is 1. The van der Waals surface area contributed by atoms with Gasteiger partial charge in [-0.1, -0.05) is 15.9 Å². The second kappa shape index (κ2) is 7.43. The Morgan fingerprint density at radius 2 is 1.87 bits per heavy atom. The molecule has 0 aromatic heterocycles. The van der Waals surface area contributed by atoms with Crippen LogP contribution in [0.2, 0.25) is 0 Å². The second-order valence-corrected chi connectivity index (χ2v) is 7.50. The molecule has 1 aliphatic rings. The maximum Gasteiger partial charge on any atom is 0.410 e. The van der Waals surface area contributed by atoms with Crippen molar-refractivity contribution in [2.75, 3.05) is 20.2 Å². The average molecular weight is 386 g/mol. The van der Waals surface area contributed by atoms with E-state index in [-0.39, 0.29) is 12.2 Å². The lowest BCUT2D eigenvalue weighted by Crippen LogP contribution is -2.44. The van der Waals surface area contributed by atoms with Crippen LogP contribution in [0.3, 0.4) is 0 Å². The summed E-state index contributed by atoms with van der Waals surface area (Å²) in [6.45, 7) is 6.90. The smallest absolute Gasteiger partial charge is 0.410 e. The van der Waals surface area contributed by atoms with Crippen molar-refractivity contribution in [3.63, 3.8) is 0 Å². The molecule has 0 bridgehead atoms. The summed E-state index contributed by atoms with van der Waals surface area (Å²) < 4.78 is 17.7. The average Bonchev–Trinajstić information content (AvgIpc) is 2.48. The van der Waals surface area contributed by atoms with Gasteiger partial charge in [0.05, 0.1) is 7.11 Å². The summed E-state index contributed by atoms with van der Waals surface area (Å²) in [6.07, 6.45) is 1.37. The van der Waals surface area contributed by atoms with Crippen molar-refractivity contribution < 1.29 is 19.0 Å². The Morgan fingerprint density at radius 1 is 1.22 bits per heavy atom.